The van der Waals surface area contributed by atoms with E-state index in [0.717, 1.165) is 12.8 Å². The van der Waals surface area contributed by atoms with Gasteiger partial charge in [-0.25, -0.2) is 0 Å². The number of rotatable bonds is 19. The Morgan fingerprint density at radius 1 is 0.690 bits per heavy atom. The summed E-state index contributed by atoms with van der Waals surface area (Å²) >= 11 is 0. The van der Waals surface area contributed by atoms with Crippen molar-refractivity contribution in [3.63, 3.8) is 0 Å². The Morgan fingerprint density at radius 2 is 1.10 bits per heavy atom. The standard InChI is InChI=1S/C18H34O2.C6H14O3/c1-2-3-4-5-6-7-8-9-10-11-12-13-14-15-16-17-18(19)20;1-2-6(3-7,4-8)5-9/h9-10H,2-8,11-17H2,1H3,(H,19,20);7-9H,2-5H2,1H3/b10-9-;. The highest BCUT2D eigenvalue weighted by Crippen LogP contribution is 2.18. The number of aliphatic carboxylic acids is 1. The summed E-state index contributed by atoms with van der Waals surface area (Å²) in [6, 6.07) is 0. The maximum atomic E-state index is 10.3. The first-order valence-corrected chi connectivity index (χ1v) is 11.7. The van der Waals surface area contributed by atoms with Gasteiger partial charge in [-0.3, -0.25) is 4.79 Å². The number of allylic oxidation sites excluding steroid dienone is 2. The number of carbonyl (C=O) groups is 1. The predicted molar refractivity (Wildman–Crippen MR) is 121 cm³/mol. The average Bonchev–Trinajstić information content (AvgIpc) is 2.73. The molecule has 0 fully saturated rings. The van der Waals surface area contributed by atoms with Crippen LogP contribution in [0.2, 0.25) is 0 Å². The zero-order chi connectivity index (χ0) is 22.2. The number of hydrogen-bond acceptors (Lipinski definition) is 4. The topological polar surface area (TPSA) is 98.0 Å². The summed E-state index contributed by atoms with van der Waals surface area (Å²) in [7, 11) is 0. The molecular formula is C24H48O5. The molecule has 0 amide bonds. The minimum absolute atomic E-state index is 0.156. The summed E-state index contributed by atoms with van der Waals surface area (Å²) in [4.78, 5) is 10.3. The number of carboxylic acids is 1. The molecular weight excluding hydrogens is 368 g/mol. The molecule has 0 aromatic carbocycles. The van der Waals surface area contributed by atoms with Gasteiger partial charge in [0.2, 0.25) is 0 Å². The molecule has 5 nitrogen and oxygen atoms in total. The molecule has 4 N–H and O–H groups in total. The first kappa shape index (κ1) is 30.3. The maximum Gasteiger partial charge on any atom is 0.303 e. The number of aliphatic hydroxyl groups is 3. The third-order valence-corrected chi connectivity index (χ3v) is 5.41. The highest BCUT2D eigenvalue weighted by atomic mass is 16.4. The Labute approximate surface area is 179 Å². The van der Waals surface area contributed by atoms with Gasteiger partial charge in [0, 0.05) is 11.8 Å². The molecule has 0 bridgehead atoms. The summed E-state index contributed by atoms with van der Waals surface area (Å²) in [5.74, 6) is -0.664. The van der Waals surface area contributed by atoms with E-state index in [1.54, 1.807) is 0 Å². The number of unbranched alkanes of at least 4 members (excludes halogenated alkanes) is 11. The fourth-order valence-electron chi connectivity index (χ4n) is 2.83. The molecule has 0 spiro atoms. The van der Waals surface area contributed by atoms with Crippen molar-refractivity contribution in [1.29, 1.82) is 0 Å². The van der Waals surface area contributed by atoms with Gasteiger partial charge >= 0.3 is 5.97 Å². The number of carboxylic acid groups (broad SMARTS) is 1. The van der Waals surface area contributed by atoms with Crippen molar-refractivity contribution in [3.05, 3.63) is 12.2 Å². The Kier molecular flexibility index (Phi) is 24.4. The second-order valence-electron chi connectivity index (χ2n) is 8.06. The predicted octanol–water partition coefficient (Wildman–Crippen LogP) is 5.47. The molecule has 174 valence electrons. The van der Waals surface area contributed by atoms with E-state index in [9.17, 15) is 4.79 Å². The van der Waals surface area contributed by atoms with Crippen LogP contribution in [0, 0.1) is 5.41 Å². The zero-order valence-corrected chi connectivity index (χ0v) is 19.1. The highest BCUT2D eigenvalue weighted by molar-refractivity contribution is 5.66. The van der Waals surface area contributed by atoms with Crippen LogP contribution in [0.15, 0.2) is 12.2 Å². The SMILES string of the molecule is CCC(CO)(CO)CO.CCCCCCCC/C=C\CCCCCCCC(=O)O. The largest absolute Gasteiger partial charge is 0.481 e. The zero-order valence-electron chi connectivity index (χ0n) is 19.1. The second kappa shape index (κ2) is 23.4. The van der Waals surface area contributed by atoms with E-state index in [1.807, 2.05) is 6.92 Å². The van der Waals surface area contributed by atoms with Gasteiger partial charge in [-0.05, 0) is 38.5 Å². The van der Waals surface area contributed by atoms with Gasteiger partial charge < -0.3 is 20.4 Å². The maximum absolute atomic E-state index is 10.3. The van der Waals surface area contributed by atoms with E-state index >= 15 is 0 Å². The molecule has 0 aromatic rings. The number of aliphatic hydroxyl groups excluding tert-OH is 3. The summed E-state index contributed by atoms with van der Waals surface area (Å²) in [5, 5.41) is 34.5. The van der Waals surface area contributed by atoms with Crippen molar-refractivity contribution < 1.29 is 25.2 Å². The molecule has 0 unspecified atom stereocenters. The first-order chi connectivity index (χ1) is 14.0. The molecule has 0 atom stereocenters. The molecule has 5 heteroatoms. The van der Waals surface area contributed by atoms with Crippen molar-refractivity contribution in [2.75, 3.05) is 19.8 Å². The van der Waals surface area contributed by atoms with E-state index < -0.39 is 11.4 Å². The van der Waals surface area contributed by atoms with Crippen LogP contribution in [0.25, 0.3) is 0 Å². The molecule has 0 saturated heterocycles. The van der Waals surface area contributed by atoms with Gasteiger partial charge in [0.05, 0.1) is 19.8 Å². The van der Waals surface area contributed by atoms with Crippen molar-refractivity contribution in [1.82, 2.24) is 0 Å². The van der Waals surface area contributed by atoms with Crippen molar-refractivity contribution in [3.8, 4) is 0 Å². The Morgan fingerprint density at radius 3 is 1.45 bits per heavy atom. The quantitative estimate of drug-likeness (QED) is 0.165. The first-order valence-electron chi connectivity index (χ1n) is 11.7. The molecule has 29 heavy (non-hydrogen) atoms. The van der Waals surface area contributed by atoms with Crippen molar-refractivity contribution in [2.45, 2.75) is 110 Å². The molecule has 0 aliphatic rings. The van der Waals surface area contributed by atoms with E-state index in [2.05, 4.69) is 19.1 Å². The van der Waals surface area contributed by atoms with Crippen molar-refractivity contribution in [2.24, 2.45) is 5.41 Å². The monoisotopic (exact) mass is 416 g/mol. The van der Waals surface area contributed by atoms with E-state index in [1.165, 1.54) is 70.6 Å². The van der Waals surface area contributed by atoms with Crippen LogP contribution in [-0.2, 0) is 4.79 Å². The minimum Gasteiger partial charge on any atom is -0.481 e. The summed E-state index contributed by atoms with van der Waals surface area (Å²) in [6.07, 6.45) is 21.8. The second-order valence-corrected chi connectivity index (χ2v) is 8.06. The summed E-state index contributed by atoms with van der Waals surface area (Å²) < 4.78 is 0. The van der Waals surface area contributed by atoms with Crippen LogP contribution in [0.3, 0.4) is 0 Å². The van der Waals surface area contributed by atoms with Crippen molar-refractivity contribution >= 4 is 5.97 Å². The molecule has 0 saturated carbocycles. The lowest BCUT2D eigenvalue weighted by molar-refractivity contribution is -0.137. The number of hydrogen-bond donors (Lipinski definition) is 4. The van der Waals surface area contributed by atoms with Gasteiger partial charge in [-0.1, -0.05) is 77.4 Å². The minimum atomic E-state index is -0.667. The average molecular weight is 417 g/mol. The Hall–Kier alpha value is -0.910. The molecule has 0 aromatic heterocycles. The van der Waals surface area contributed by atoms with E-state index in [-0.39, 0.29) is 19.8 Å². The molecule has 0 aliphatic carbocycles. The summed E-state index contributed by atoms with van der Waals surface area (Å²) in [5.41, 5.74) is -0.667. The van der Waals surface area contributed by atoms with Crippen LogP contribution in [-0.4, -0.2) is 46.2 Å². The van der Waals surface area contributed by atoms with E-state index in [0.29, 0.717) is 12.8 Å². The van der Waals surface area contributed by atoms with Crippen LogP contribution in [0.4, 0.5) is 0 Å². The van der Waals surface area contributed by atoms with Gasteiger partial charge in [-0.15, -0.1) is 0 Å². The molecule has 0 aliphatic heterocycles. The molecule has 0 heterocycles. The van der Waals surface area contributed by atoms with Gasteiger partial charge in [0.1, 0.15) is 0 Å². The normalized spacial score (nSPS) is 11.5. The molecule has 0 rings (SSSR count). The van der Waals surface area contributed by atoms with Crippen LogP contribution < -0.4 is 0 Å². The molecule has 0 radical (unpaired) electrons. The summed E-state index contributed by atoms with van der Waals surface area (Å²) in [6.45, 7) is 3.61. The van der Waals surface area contributed by atoms with Crippen LogP contribution in [0.5, 0.6) is 0 Å². The van der Waals surface area contributed by atoms with Gasteiger partial charge in [-0.2, -0.15) is 0 Å². The fourth-order valence-corrected chi connectivity index (χ4v) is 2.83. The van der Waals surface area contributed by atoms with Crippen LogP contribution in [0.1, 0.15) is 110 Å². The fraction of sp³-hybridized carbons (Fsp3) is 0.875. The highest BCUT2D eigenvalue weighted by Gasteiger charge is 2.24. The van der Waals surface area contributed by atoms with Crippen LogP contribution >= 0.6 is 0 Å². The van der Waals surface area contributed by atoms with Gasteiger partial charge in [0.15, 0.2) is 0 Å². The lowest BCUT2D eigenvalue weighted by atomic mass is 9.88. The lowest BCUT2D eigenvalue weighted by Gasteiger charge is -2.24. The lowest BCUT2D eigenvalue weighted by Crippen LogP contribution is -2.32. The third-order valence-electron chi connectivity index (χ3n) is 5.41. The third kappa shape index (κ3) is 21.6. The van der Waals surface area contributed by atoms with Gasteiger partial charge in [0.25, 0.3) is 0 Å². The Balaban J connectivity index is 0. The Bertz CT molecular complexity index is 347. The smallest absolute Gasteiger partial charge is 0.303 e. The van der Waals surface area contributed by atoms with E-state index in [4.69, 9.17) is 20.4 Å².